The molecule has 6 nitrogen and oxygen atoms in total. The Kier molecular flexibility index (Phi) is 9.42. The predicted octanol–water partition coefficient (Wildman–Crippen LogP) is 2.84. The third-order valence-corrected chi connectivity index (χ3v) is 3.72. The molecule has 0 amide bonds. The van der Waals surface area contributed by atoms with Gasteiger partial charge in [-0.1, -0.05) is 0 Å². The molecule has 0 saturated heterocycles. The number of ether oxygens (including phenoxy) is 2. The largest absolute Gasteiger partial charge is 0.460 e. The van der Waals surface area contributed by atoms with Crippen LogP contribution in [-0.2, 0) is 28.1 Å². The van der Waals surface area contributed by atoms with Crippen LogP contribution in [0.25, 0.3) is 0 Å². The van der Waals surface area contributed by atoms with E-state index in [0.717, 1.165) is 0 Å². The molecule has 0 aliphatic rings. The van der Waals surface area contributed by atoms with E-state index >= 15 is 0 Å². The smallest absolute Gasteiger partial charge is 0.443 e. The van der Waals surface area contributed by atoms with E-state index in [2.05, 4.69) is 0 Å². The lowest BCUT2D eigenvalue weighted by Crippen LogP contribution is -2.28. The van der Waals surface area contributed by atoms with Crippen molar-refractivity contribution in [2.75, 3.05) is 19.8 Å². The normalized spacial score (nSPS) is 11.0. The van der Waals surface area contributed by atoms with E-state index in [0.29, 0.717) is 13.2 Å². The Morgan fingerprint density at radius 3 is 1.86 bits per heavy atom. The van der Waals surface area contributed by atoms with Gasteiger partial charge in [0.25, 0.3) is 5.29 Å². The summed E-state index contributed by atoms with van der Waals surface area (Å²) in [5, 5.41) is 0.185. The molecule has 0 spiro atoms. The molecule has 0 saturated carbocycles. The van der Waals surface area contributed by atoms with E-state index < -0.39 is 25.5 Å². The van der Waals surface area contributed by atoms with Gasteiger partial charge in [0.2, 0.25) is 0 Å². The molecule has 0 aromatic heterocycles. The first-order valence-corrected chi connectivity index (χ1v) is 8.23. The average Bonchev–Trinajstić information content (AvgIpc) is 2.34. The lowest BCUT2D eigenvalue weighted by molar-refractivity contribution is -0.153. The van der Waals surface area contributed by atoms with Crippen LogP contribution in [-0.4, -0.2) is 42.7 Å². The van der Waals surface area contributed by atoms with Gasteiger partial charge >= 0.3 is 19.9 Å². The van der Waals surface area contributed by atoms with Crippen molar-refractivity contribution < 1.29 is 28.1 Å². The van der Waals surface area contributed by atoms with E-state index in [1.807, 2.05) is 0 Å². The Morgan fingerprint density at radius 2 is 1.48 bits per heavy atom. The van der Waals surface area contributed by atoms with Gasteiger partial charge in [-0.3, -0.25) is 4.79 Å². The molecule has 0 fully saturated rings. The van der Waals surface area contributed by atoms with E-state index in [4.69, 9.17) is 18.5 Å². The summed E-state index contributed by atoms with van der Waals surface area (Å²) in [7, 11) is -1.61. The quantitative estimate of drug-likeness (QED) is 0.506. The third-order valence-electron chi connectivity index (χ3n) is 1.96. The SMILES string of the molecule is CCOC(=O)C(CC(=O)OC(C)(C)C)=[P+](OCC)OCC. The van der Waals surface area contributed by atoms with Gasteiger partial charge < -0.3 is 9.47 Å². The van der Waals surface area contributed by atoms with E-state index in [1.165, 1.54) is 0 Å². The Bertz CT molecular complexity index is 375. The van der Waals surface area contributed by atoms with Crippen molar-refractivity contribution in [1.29, 1.82) is 0 Å². The zero-order valence-electron chi connectivity index (χ0n) is 13.7. The van der Waals surface area contributed by atoms with Crippen LogP contribution in [0.4, 0.5) is 0 Å². The molecule has 0 rings (SSSR count). The van der Waals surface area contributed by atoms with Crippen LogP contribution in [0.1, 0.15) is 48.0 Å². The van der Waals surface area contributed by atoms with Crippen LogP contribution in [0, 0.1) is 0 Å². The van der Waals surface area contributed by atoms with Crippen molar-refractivity contribution in [2.45, 2.75) is 53.6 Å². The zero-order valence-corrected chi connectivity index (χ0v) is 14.6. The minimum absolute atomic E-state index is 0.185. The summed E-state index contributed by atoms with van der Waals surface area (Å²) >= 11 is 0. The van der Waals surface area contributed by atoms with Crippen LogP contribution in [0.2, 0.25) is 0 Å². The van der Waals surface area contributed by atoms with Crippen LogP contribution in [0.3, 0.4) is 0 Å². The Labute approximate surface area is 127 Å². The molecule has 0 atom stereocenters. The summed E-state index contributed by atoms with van der Waals surface area (Å²) < 4.78 is 21.1. The third kappa shape index (κ3) is 8.81. The molecule has 0 heterocycles. The molecule has 0 aromatic rings. The maximum atomic E-state index is 12.0. The Morgan fingerprint density at radius 1 is 0.952 bits per heavy atom. The summed E-state index contributed by atoms with van der Waals surface area (Å²) in [5.74, 6) is -1.08. The predicted molar refractivity (Wildman–Crippen MR) is 82.3 cm³/mol. The standard InChI is InChI=1S/C14H26O6P/c1-7-17-13(16)11(21(18-8-2)19-9-3)10-12(15)20-14(4,5)6/h7-10H2,1-6H3/q+1. The Hall–Kier alpha value is -0.970. The summed E-state index contributed by atoms with van der Waals surface area (Å²) in [6.45, 7) is 11.6. The monoisotopic (exact) mass is 321 g/mol. The van der Waals surface area contributed by atoms with Crippen molar-refractivity contribution in [2.24, 2.45) is 0 Å². The second-order valence-electron chi connectivity index (χ2n) is 5.02. The first kappa shape index (κ1) is 20.0. The highest BCUT2D eigenvalue weighted by molar-refractivity contribution is 7.51. The van der Waals surface area contributed by atoms with Crippen LogP contribution in [0.15, 0.2) is 0 Å². The number of esters is 2. The maximum absolute atomic E-state index is 12.0. The highest BCUT2D eigenvalue weighted by Gasteiger charge is 2.34. The summed E-state index contributed by atoms with van der Waals surface area (Å²) in [6.07, 6.45) is -0.193. The van der Waals surface area contributed by atoms with Crippen LogP contribution < -0.4 is 0 Å². The van der Waals surface area contributed by atoms with E-state index in [1.54, 1.807) is 41.5 Å². The molecule has 0 aliphatic heterocycles. The lowest BCUT2D eigenvalue weighted by Gasteiger charge is -2.19. The van der Waals surface area contributed by atoms with E-state index in [9.17, 15) is 9.59 Å². The van der Waals surface area contributed by atoms with Crippen molar-refractivity contribution in [3.8, 4) is 0 Å². The summed E-state index contributed by atoms with van der Waals surface area (Å²) in [6, 6.07) is 0. The molecular formula is C14H26O6P+. The van der Waals surface area contributed by atoms with Gasteiger partial charge in [-0.15, -0.1) is 0 Å². The molecule has 21 heavy (non-hydrogen) atoms. The number of rotatable bonds is 8. The molecule has 0 aromatic carbocycles. The fraction of sp³-hybridized carbons (Fsp3) is 0.786. The van der Waals surface area contributed by atoms with Crippen molar-refractivity contribution in [3.05, 3.63) is 0 Å². The first-order valence-electron chi connectivity index (χ1n) is 7.05. The van der Waals surface area contributed by atoms with Crippen molar-refractivity contribution >= 4 is 25.2 Å². The van der Waals surface area contributed by atoms with Gasteiger partial charge in [-0.2, -0.15) is 9.05 Å². The number of carbonyl (C=O) groups is 2. The Balaban J connectivity index is 5.25. The van der Waals surface area contributed by atoms with Gasteiger partial charge in [0.1, 0.15) is 12.0 Å². The van der Waals surface area contributed by atoms with Crippen LogP contribution in [0.5, 0.6) is 0 Å². The summed E-state index contributed by atoms with van der Waals surface area (Å²) in [4.78, 5) is 24.0. The zero-order chi connectivity index (χ0) is 16.5. The van der Waals surface area contributed by atoms with Gasteiger partial charge in [0.15, 0.2) is 0 Å². The number of hydrogen-bond acceptors (Lipinski definition) is 6. The summed E-state index contributed by atoms with van der Waals surface area (Å²) in [5.41, 5.74) is -0.614. The second-order valence-corrected chi connectivity index (χ2v) is 6.59. The fourth-order valence-corrected chi connectivity index (χ4v) is 2.69. The van der Waals surface area contributed by atoms with Crippen molar-refractivity contribution in [3.63, 3.8) is 0 Å². The number of hydrogen-bond donors (Lipinski definition) is 0. The average molecular weight is 321 g/mol. The van der Waals surface area contributed by atoms with Crippen molar-refractivity contribution in [1.82, 2.24) is 0 Å². The van der Waals surface area contributed by atoms with Crippen LogP contribution >= 0.6 is 8.00 Å². The second kappa shape index (κ2) is 9.87. The van der Waals surface area contributed by atoms with Gasteiger partial charge in [-0.25, -0.2) is 4.79 Å². The van der Waals surface area contributed by atoms with Gasteiger partial charge in [-0.05, 0) is 41.5 Å². The topological polar surface area (TPSA) is 71.1 Å². The number of carbonyl (C=O) groups excluding carboxylic acids is 2. The van der Waals surface area contributed by atoms with Gasteiger partial charge in [0, 0.05) is 0 Å². The molecule has 7 heteroatoms. The minimum atomic E-state index is -1.61. The molecule has 0 N–H and O–H groups in total. The molecule has 0 aliphatic carbocycles. The lowest BCUT2D eigenvalue weighted by atomic mass is 10.2. The minimum Gasteiger partial charge on any atom is -0.460 e. The first-order chi connectivity index (χ1) is 9.75. The fourth-order valence-electron chi connectivity index (χ4n) is 1.37. The molecular weight excluding hydrogens is 295 g/mol. The molecule has 0 bridgehead atoms. The molecule has 0 radical (unpaired) electrons. The van der Waals surface area contributed by atoms with E-state index in [-0.39, 0.29) is 18.3 Å². The highest BCUT2D eigenvalue weighted by Crippen LogP contribution is 2.30. The molecule has 122 valence electrons. The highest BCUT2D eigenvalue weighted by atomic mass is 31.1. The van der Waals surface area contributed by atoms with Gasteiger partial charge in [0.05, 0.1) is 19.8 Å². The molecule has 0 unspecified atom stereocenters. The maximum Gasteiger partial charge on any atom is 0.443 e.